The first-order chi connectivity index (χ1) is 15.5. The van der Waals surface area contributed by atoms with Crippen LogP contribution in [-0.2, 0) is 34.8 Å². The highest BCUT2D eigenvalue weighted by molar-refractivity contribution is 7.90. The Labute approximate surface area is 193 Å². The van der Waals surface area contributed by atoms with Crippen molar-refractivity contribution in [2.75, 3.05) is 14.1 Å². The standard InChI is InChI=1S/C23H28FN5O3S/c1-15(2)19-10-17(24)11-20(16-6-8-25-9-7-16)21(19)13-22(30)27-33(31,32)23-12-18(14-28(3)4)29(5)26-23/h6-12,15H,13-14H2,1-5H3,(H,27,30). The van der Waals surface area contributed by atoms with E-state index in [0.29, 0.717) is 34.5 Å². The van der Waals surface area contributed by atoms with Crippen LogP contribution in [0.1, 0.15) is 36.6 Å². The first-order valence-electron chi connectivity index (χ1n) is 10.4. The largest absolute Gasteiger partial charge is 0.304 e. The average molecular weight is 474 g/mol. The number of sulfonamides is 1. The summed E-state index contributed by atoms with van der Waals surface area (Å²) in [5.74, 6) is -1.23. The van der Waals surface area contributed by atoms with Gasteiger partial charge in [0.2, 0.25) is 5.91 Å². The minimum absolute atomic E-state index is 0.0786. The summed E-state index contributed by atoms with van der Waals surface area (Å²) in [5.41, 5.74) is 3.11. The highest BCUT2D eigenvalue weighted by Gasteiger charge is 2.25. The molecule has 0 bridgehead atoms. The van der Waals surface area contributed by atoms with Gasteiger partial charge in [0.25, 0.3) is 10.0 Å². The Balaban J connectivity index is 1.93. The van der Waals surface area contributed by atoms with E-state index in [1.165, 1.54) is 22.9 Å². The highest BCUT2D eigenvalue weighted by Crippen LogP contribution is 2.32. The lowest BCUT2D eigenvalue weighted by Gasteiger charge is -2.18. The molecule has 0 atom stereocenters. The molecule has 2 aromatic heterocycles. The van der Waals surface area contributed by atoms with Crippen molar-refractivity contribution in [1.29, 1.82) is 0 Å². The zero-order chi connectivity index (χ0) is 24.3. The van der Waals surface area contributed by atoms with Gasteiger partial charge in [0, 0.05) is 32.1 Å². The van der Waals surface area contributed by atoms with Gasteiger partial charge in [-0.25, -0.2) is 9.11 Å². The molecule has 33 heavy (non-hydrogen) atoms. The summed E-state index contributed by atoms with van der Waals surface area (Å²) in [4.78, 5) is 18.7. The summed E-state index contributed by atoms with van der Waals surface area (Å²) in [6, 6.07) is 7.62. The lowest BCUT2D eigenvalue weighted by molar-refractivity contribution is -0.118. The van der Waals surface area contributed by atoms with Crippen LogP contribution in [-0.4, -0.2) is 48.1 Å². The first-order valence-corrected chi connectivity index (χ1v) is 11.9. The van der Waals surface area contributed by atoms with Gasteiger partial charge in [-0.3, -0.25) is 14.5 Å². The van der Waals surface area contributed by atoms with E-state index in [9.17, 15) is 17.6 Å². The number of benzene rings is 1. The van der Waals surface area contributed by atoms with E-state index in [0.717, 1.165) is 0 Å². The molecule has 0 saturated heterocycles. The molecule has 0 spiro atoms. The molecular formula is C23H28FN5O3S. The summed E-state index contributed by atoms with van der Waals surface area (Å²) >= 11 is 0. The molecule has 0 aliphatic heterocycles. The predicted molar refractivity (Wildman–Crippen MR) is 123 cm³/mol. The van der Waals surface area contributed by atoms with Gasteiger partial charge < -0.3 is 4.90 Å². The molecule has 0 aliphatic carbocycles. The molecule has 1 amide bonds. The van der Waals surface area contributed by atoms with Crippen molar-refractivity contribution in [1.82, 2.24) is 24.4 Å². The number of nitrogens with zero attached hydrogens (tertiary/aromatic N) is 4. The van der Waals surface area contributed by atoms with Gasteiger partial charge in [0.05, 0.1) is 12.1 Å². The van der Waals surface area contributed by atoms with Crippen LogP contribution in [0.15, 0.2) is 47.8 Å². The van der Waals surface area contributed by atoms with Crippen molar-refractivity contribution < 1.29 is 17.6 Å². The van der Waals surface area contributed by atoms with Crippen LogP contribution in [0.4, 0.5) is 4.39 Å². The average Bonchev–Trinajstić information content (AvgIpc) is 3.09. The fraction of sp³-hybridized carbons (Fsp3) is 0.348. The number of aromatic nitrogens is 3. The number of carbonyl (C=O) groups excluding carboxylic acids is 1. The van der Waals surface area contributed by atoms with Gasteiger partial charge in [0.15, 0.2) is 5.03 Å². The van der Waals surface area contributed by atoms with E-state index in [2.05, 4.69) is 14.8 Å². The van der Waals surface area contributed by atoms with Gasteiger partial charge >= 0.3 is 0 Å². The van der Waals surface area contributed by atoms with Crippen LogP contribution in [0.25, 0.3) is 11.1 Å². The Hall–Kier alpha value is -3.11. The first kappa shape index (κ1) is 24.5. The quantitative estimate of drug-likeness (QED) is 0.540. The van der Waals surface area contributed by atoms with E-state index < -0.39 is 21.7 Å². The summed E-state index contributed by atoms with van der Waals surface area (Å²) in [7, 11) is 1.20. The second-order valence-corrected chi connectivity index (χ2v) is 10.1. The summed E-state index contributed by atoms with van der Waals surface area (Å²) in [6.45, 7) is 4.28. The van der Waals surface area contributed by atoms with E-state index in [4.69, 9.17) is 0 Å². The fourth-order valence-corrected chi connectivity index (χ4v) is 4.64. The Kier molecular flexibility index (Phi) is 7.28. The fourth-order valence-electron chi connectivity index (χ4n) is 3.64. The Morgan fingerprint density at radius 3 is 2.45 bits per heavy atom. The molecule has 10 heteroatoms. The van der Waals surface area contributed by atoms with E-state index in [1.54, 1.807) is 31.6 Å². The topological polar surface area (TPSA) is 97.2 Å². The molecule has 2 heterocycles. The van der Waals surface area contributed by atoms with Crippen LogP contribution in [0, 0.1) is 5.82 Å². The second-order valence-electron chi connectivity index (χ2n) is 8.45. The summed E-state index contributed by atoms with van der Waals surface area (Å²) in [6.07, 6.45) is 2.92. The molecule has 0 aliphatic rings. The molecule has 8 nitrogen and oxygen atoms in total. The minimum atomic E-state index is -4.17. The van der Waals surface area contributed by atoms with Gasteiger partial charge in [-0.15, -0.1) is 0 Å². The van der Waals surface area contributed by atoms with Crippen molar-refractivity contribution in [3.8, 4) is 11.1 Å². The van der Waals surface area contributed by atoms with Gasteiger partial charge in [-0.05, 0) is 66.5 Å². The van der Waals surface area contributed by atoms with E-state index in [1.807, 2.05) is 32.8 Å². The van der Waals surface area contributed by atoms with Crippen molar-refractivity contribution in [3.05, 3.63) is 65.4 Å². The molecule has 1 N–H and O–H groups in total. The third kappa shape index (κ3) is 5.82. The van der Waals surface area contributed by atoms with E-state index in [-0.39, 0.29) is 17.4 Å². The Morgan fingerprint density at radius 2 is 1.85 bits per heavy atom. The maximum Gasteiger partial charge on any atom is 0.283 e. The van der Waals surface area contributed by atoms with Crippen LogP contribution < -0.4 is 4.72 Å². The van der Waals surface area contributed by atoms with Crippen molar-refractivity contribution in [2.45, 2.75) is 37.8 Å². The molecule has 0 saturated carbocycles. The maximum absolute atomic E-state index is 14.4. The molecule has 0 fully saturated rings. The molecule has 176 valence electrons. The number of pyridine rings is 1. The Bertz CT molecular complexity index is 1250. The van der Waals surface area contributed by atoms with Gasteiger partial charge in [-0.2, -0.15) is 13.5 Å². The number of carbonyl (C=O) groups is 1. The zero-order valence-electron chi connectivity index (χ0n) is 19.3. The molecule has 3 aromatic rings. The zero-order valence-corrected chi connectivity index (χ0v) is 20.1. The molecular weight excluding hydrogens is 445 g/mol. The lowest BCUT2D eigenvalue weighted by Crippen LogP contribution is -2.32. The van der Waals surface area contributed by atoms with E-state index >= 15 is 0 Å². The highest BCUT2D eigenvalue weighted by atomic mass is 32.2. The number of aryl methyl sites for hydroxylation is 1. The van der Waals surface area contributed by atoms with Crippen molar-refractivity contribution in [3.63, 3.8) is 0 Å². The maximum atomic E-state index is 14.4. The van der Waals surface area contributed by atoms with Gasteiger partial charge in [0.1, 0.15) is 5.82 Å². The predicted octanol–water partition coefficient (Wildman–Crippen LogP) is 2.85. The molecule has 3 rings (SSSR count). The number of nitrogens with one attached hydrogen (secondary N) is 1. The number of hydrogen-bond donors (Lipinski definition) is 1. The lowest BCUT2D eigenvalue weighted by atomic mass is 9.88. The molecule has 0 radical (unpaired) electrons. The van der Waals surface area contributed by atoms with Crippen molar-refractivity contribution >= 4 is 15.9 Å². The number of hydrogen-bond acceptors (Lipinski definition) is 6. The second kappa shape index (κ2) is 9.80. The molecule has 1 aromatic carbocycles. The van der Waals surface area contributed by atoms with Crippen LogP contribution in [0.3, 0.4) is 0 Å². The Morgan fingerprint density at radius 1 is 1.18 bits per heavy atom. The third-order valence-corrected chi connectivity index (χ3v) is 6.40. The minimum Gasteiger partial charge on any atom is -0.304 e. The number of rotatable bonds is 8. The van der Waals surface area contributed by atoms with Crippen LogP contribution >= 0.6 is 0 Å². The summed E-state index contributed by atoms with van der Waals surface area (Å²) in [5, 5.41) is 3.82. The van der Waals surface area contributed by atoms with Crippen LogP contribution in [0.2, 0.25) is 0 Å². The smallest absolute Gasteiger partial charge is 0.283 e. The normalized spacial score (nSPS) is 11.9. The summed E-state index contributed by atoms with van der Waals surface area (Å²) < 4.78 is 43.6. The van der Waals surface area contributed by atoms with Crippen molar-refractivity contribution in [2.24, 2.45) is 7.05 Å². The van der Waals surface area contributed by atoms with Gasteiger partial charge in [-0.1, -0.05) is 13.8 Å². The number of halogens is 1. The van der Waals surface area contributed by atoms with Crippen LogP contribution in [0.5, 0.6) is 0 Å². The molecule has 0 unspecified atom stereocenters. The number of amides is 1. The monoisotopic (exact) mass is 473 g/mol. The SMILES string of the molecule is CC(C)c1cc(F)cc(-c2ccncc2)c1CC(=O)NS(=O)(=O)c1cc(CN(C)C)n(C)n1. The third-order valence-electron chi connectivity index (χ3n) is 5.16.